The van der Waals surface area contributed by atoms with Gasteiger partial charge in [-0.3, -0.25) is 13.7 Å². The number of fused-ring (bicyclic) bond motifs is 1. The van der Waals surface area contributed by atoms with Crippen molar-refractivity contribution in [3.63, 3.8) is 0 Å². The Balaban J connectivity index is 2.29. The first-order valence-electron chi connectivity index (χ1n) is 8.02. The number of azo groups is 1. The van der Waals surface area contributed by atoms with Crippen LogP contribution in [0, 0.1) is 0 Å². The molecule has 0 aromatic heterocycles. The first kappa shape index (κ1) is 24.0. The molecule has 0 saturated carbocycles. The molecule has 3 aromatic carbocycles. The van der Waals surface area contributed by atoms with Crippen LogP contribution in [-0.2, 0) is 30.4 Å². The molecule has 170 valence electrons. The van der Waals surface area contributed by atoms with Crippen LogP contribution in [-0.4, -0.2) is 44.0 Å². The number of hydrogen-bond donors (Lipinski definition) is 4. The minimum Gasteiger partial charge on any atom is -0.504 e. The van der Waals surface area contributed by atoms with E-state index >= 15 is 0 Å². The van der Waals surface area contributed by atoms with Crippen molar-refractivity contribution in [2.45, 2.75) is 14.7 Å². The summed E-state index contributed by atoms with van der Waals surface area (Å²) in [7, 11) is -14.4. The Morgan fingerprint density at radius 3 is 1.91 bits per heavy atom. The van der Waals surface area contributed by atoms with Gasteiger partial charge in [0.05, 0.1) is 15.6 Å². The van der Waals surface area contributed by atoms with E-state index in [1.165, 1.54) is 6.07 Å². The monoisotopic (exact) mass is 522 g/mol. The van der Waals surface area contributed by atoms with Crippen LogP contribution in [0.4, 0.5) is 11.4 Å². The molecule has 0 amide bonds. The fourth-order valence-electron chi connectivity index (χ4n) is 2.65. The van der Waals surface area contributed by atoms with E-state index in [0.29, 0.717) is 0 Å². The predicted octanol–water partition coefficient (Wildman–Crippen LogP) is 3.35. The van der Waals surface area contributed by atoms with Gasteiger partial charge in [-0.25, -0.2) is 0 Å². The third-order valence-electron chi connectivity index (χ3n) is 4.06. The Bertz CT molecular complexity index is 1620. The van der Waals surface area contributed by atoms with Gasteiger partial charge in [0.2, 0.25) is 0 Å². The summed E-state index contributed by atoms with van der Waals surface area (Å²) in [6.07, 6.45) is 0. The SMILES string of the molecule is O=S(=O)(O)c1ccc2c(N=Nc3ccc(Cl)c(S(=O)(=O)O)c3)c(O)c(S(=O)(=O)O)cc2c1. The normalized spacial score (nSPS) is 13.1. The van der Waals surface area contributed by atoms with Gasteiger partial charge >= 0.3 is 0 Å². The summed E-state index contributed by atoms with van der Waals surface area (Å²) in [6, 6.07) is 6.80. The molecule has 0 aliphatic heterocycles. The van der Waals surface area contributed by atoms with E-state index < -0.39 is 56.5 Å². The highest BCUT2D eigenvalue weighted by molar-refractivity contribution is 7.86. The first-order chi connectivity index (χ1) is 14.6. The van der Waals surface area contributed by atoms with E-state index in [-0.39, 0.29) is 21.5 Å². The van der Waals surface area contributed by atoms with Crippen LogP contribution in [0.2, 0.25) is 5.02 Å². The third kappa shape index (κ3) is 4.88. The molecule has 0 heterocycles. The minimum atomic E-state index is -5.00. The van der Waals surface area contributed by atoms with Gasteiger partial charge in [-0.2, -0.15) is 30.4 Å². The van der Waals surface area contributed by atoms with Crippen LogP contribution < -0.4 is 0 Å². The molecule has 4 N–H and O–H groups in total. The van der Waals surface area contributed by atoms with E-state index in [1.807, 2.05) is 0 Å². The van der Waals surface area contributed by atoms with Crippen molar-refractivity contribution >= 4 is 64.1 Å². The molecule has 0 unspecified atom stereocenters. The Kier molecular flexibility index (Phi) is 6.03. The Morgan fingerprint density at radius 2 is 1.34 bits per heavy atom. The molecular formula is C16H11ClN2O10S3. The van der Waals surface area contributed by atoms with Gasteiger partial charge in [-0.1, -0.05) is 17.7 Å². The van der Waals surface area contributed by atoms with Crippen molar-refractivity contribution in [3.8, 4) is 5.75 Å². The highest BCUT2D eigenvalue weighted by atomic mass is 35.5. The van der Waals surface area contributed by atoms with Gasteiger partial charge < -0.3 is 5.11 Å². The second-order valence-corrected chi connectivity index (χ2v) is 10.8. The van der Waals surface area contributed by atoms with E-state index in [4.69, 9.17) is 11.6 Å². The average Bonchev–Trinajstić information content (AvgIpc) is 2.65. The topological polar surface area (TPSA) is 208 Å². The van der Waals surface area contributed by atoms with Crippen molar-refractivity contribution in [1.29, 1.82) is 0 Å². The molecule has 16 heteroatoms. The molecular weight excluding hydrogens is 512 g/mol. The molecule has 12 nitrogen and oxygen atoms in total. The number of aromatic hydroxyl groups is 1. The smallest absolute Gasteiger partial charge is 0.298 e. The summed E-state index contributed by atoms with van der Waals surface area (Å²) < 4.78 is 96.6. The molecule has 3 aromatic rings. The van der Waals surface area contributed by atoms with Gasteiger partial charge in [0.25, 0.3) is 30.4 Å². The Hall–Kier alpha value is -2.66. The molecule has 32 heavy (non-hydrogen) atoms. The van der Waals surface area contributed by atoms with Crippen LogP contribution in [0.5, 0.6) is 5.75 Å². The number of phenols is 1. The zero-order valence-corrected chi connectivity index (χ0v) is 18.5. The summed E-state index contributed by atoms with van der Waals surface area (Å²) in [5, 5.41) is 17.2. The number of phenolic OH excluding ortho intramolecular Hbond substituents is 1. The highest BCUT2D eigenvalue weighted by Gasteiger charge is 2.23. The van der Waals surface area contributed by atoms with Crippen molar-refractivity contribution < 1.29 is 44.0 Å². The lowest BCUT2D eigenvalue weighted by Gasteiger charge is -2.09. The van der Waals surface area contributed by atoms with Gasteiger partial charge in [0.1, 0.15) is 15.5 Å². The lowest BCUT2D eigenvalue weighted by molar-refractivity contribution is 0.445. The van der Waals surface area contributed by atoms with Gasteiger partial charge in [-0.15, -0.1) is 5.11 Å². The number of hydrogen-bond acceptors (Lipinski definition) is 9. The van der Waals surface area contributed by atoms with Crippen molar-refractivity contribution in [1.82, 2.24) is 0 Å². The van der Waals surface area contributed by atoms with Gasteiger partial charge in [0.15, 0.2) is 5.75 Å². The number of rotatable bonds is 5. The fraction of sp³-hybridized carbons (Fsp3) is 0. The molecule has 0 aliphatic carbocycles. The van der Waals surface area contributed by atoms with Crippen LogP contribution in [0.15, 0.2) is 67.4 Å². The van der Waals surface area contributed by atoms with E-state index in [2.05, 4.69) is 10.2 Å². The number of halogens is 1. The number of nitrogens with zero attached hydrogens (tertiary/aromatic N) is 2. The first-order valence-corrected chi connectivity index (χ1v) is 12.7. The lowest BCUT2D eigenvalue weighted by Crippen LogP contribution is -2.00. The van der Waals surface area contributed by atoms with Crippen LogP contribution in [0.3, 0.4) is 0 Å². The van der Waals surface area contributed by atoms with E-state index in [9.17, 15) is 44.0 Å². The maximum Gasteiger partial charge on any atom is 0.298 e. The molecule has 0 spiro atoms. The van der Waals surface area contributed by atoms with Gasteiger partial charge in [-0.05, 0) is 41.8 Å². The predicted molar refractivity (Wildman–Crippen MR) is 111 cm³/mol. The summed E-state index contributed by atoms with van der Waals surface area (Å²) in [5.74, 6) is -1.03. The van der Waals surface area contributed by atoms with Crippen molar-refractivity contribution in [2.24, 2.45) is 10.2 Å². The van der Waals surface area contributed by atoms with Gasteiger partial charge in [0, 0.05) is 5.39 Å². The molecule has 0 atom stereocenters. The summed E-state index contributed by atoms with van der Waals surface area (Å²) in [5.41, 5.74) is -0.707. The summed E-state index contributed by atoms with van der Waals surface area (Å²) >= 11 is 5.71. The number of benzene rings is 3. The summed E-state index contributed by atoms with van der Waals surface area (Å²) in [4.78, 5) is -2.31. The maximum atomic E-state index is 11.6. The highest BCUT2D eigenvalue weighted by Crippen LogP contribution is 2.42. The van der Waals surface area contributed by atoms with Crippen molar-refractivity contribution in [3.05, 3.63) is 47.5 Å². The summed E-state index contributed by atoms with van der Waals surface area (Å²) in [6.45, 7) is 0. The standard InChI is InChI=1S/C16H11ClN2O10S3/c17-12-4-1-9(7-13(12)31(24,25)26)18-19-15-11-3-2-10(30(21,22)23)5-8(11)6-14(16(15)20)32(27,28)29/h1-7,20H,(H,21,22,23)(H,24,25,26)(H,27,28,29). The maximum absolute atomic E-state index is 11.6. The largest absolute Gasteiger partial charge is 0.504 e. The quantitative estimate of drug-likeness (QED) is 0.283. The lowest BCUT2D eigenvalue weighted by atomic mass is 10.1. The van der Waals surface area contributed by atoms with Crippen LogP contribution >= 0.6 is 11.6 Å². The molecule has 0 fully saturated rings. The molecule has 0 bridgehead atoms. The molecule has 0 aliphatic rings. The fourth-order valence-corrected chi connectivity index (χ4v) is 4.77. The molecule has 0 radical (unpaired) electrons. The van der Waals surface area contributed by atoms with Crippen molar-refractivity contribution in [2.75, 3.05) is 0 Å². The third-order valence-corrected chi connectivity index (χ3v) is 7.11. The molecule has 3 rings (SSSR count). The average molecular weight is 523 g/mol. The van der Waals surface area contributed by atoms with E-state index in [0.717, 1.165) is 36.4 Å². The van der Waals surface area contributed by atoms with E-state index in [1.54, 1.807) is 0 Å². The Morgan fingerprint density at radius 1 is 0.719 bits per heavy atom. The Labute approximate surface area is 186 Å². The van der Waals surface area contributed by atoms with Crippen LogP contribution in [0.25, 0.3) is 10.8 Å². The molecule has 0 saturated heterocycles. The van der Waals surface area contributed by atoms with Crippen LogP contribution in [0.1, 0.15) is 0 Å². The second-order valence-electron chi connectivity index (χ2n) is 6.19. The zero-order valence-electron chi connectivity index (χ0n) is 15.3. The second kappa shape index (κ2) is 8.04. The zero-order chi connectivity index (χ0) is 24.1. The minimum absolute atomic E-state index is 0.0324.